The van der Waals surface area contributed by atoms with Crippen LogP contribution in [0.2, 0.25) is 0 Å². The van der Waals surface area contributed by atoms with Gasteiger partial charge in [-0.2, -0.15) is 0 Å². The van der Waals surface area contributed by atoms with Crippen molar-refractivity contribution in [1.29, 1.82) is 0 Å². The van der Waals surface area contributed by atoms with E-state index < -0.39 is 0 Å². The second kappa shape index (κ2) is 9.65. The van der Waals surface area contributed by atoms with E-state index in [1.807, 2.05) is 0 Å². The number of pyridine rings is 1. The molecule has 0 unspecified atom stereocenters. The molecule has 0 amide bonds. The second-order valence-corrected chi connectivity index (χ2v) is 12.0. The van der Waals surface area contributed by atoms with E-state index in [1.165, 1.54) is 54.8 Å². The summed E-state index contributed by atoms with van der Waals surface area (Å²) in [6.45, 7) is 0. The Bertz CT molecular complexity index is 2730. The molecule has 0 radical (unpaired) electrons. The molecule has 0 fully saturated rings. The Morgan fingerprint density at radius 3 is 1.63 bits per heavy atom. The van der Waals surface area contributed by atoms with Crippen molar-refractivity contribution in [2.45, 2.75) is 0 Å². The summed E-state index contributed by atoms with van der Waals surface area (Å²) in [4.78, 5) is 5.14. The van der Waals surface area contributed by atoms with Crippen molar-refractivity contribution in [3.8, 4) is 27.9 Å². The van der Waals surface area contributed by atoms with Crippen molar-refractivity contribution >= 4 is 60.2 Å². The summed E-state index contributed by atoms with van der Waals surface area (Å²) in [6.07, 6.45) is 0. The average Bonchev–Trinajstić information content (AvgIpc) is 3.68. The SMILES string of the molecule is c1ccc(-c2cc(-c3ccccc3)cc(-n3c4ccccc4c4cc5c6ccccc6c6nc7ccccc7n6c5cc43)c2)cc1. The smallest absolute Gasteiger partial charge is 0.146 e. The number of imidazole rings is 1. The van der Waals surface area contributed by atoms with Gasteiger partial charge >= 0.3 is 0 Å². The molecule has 0 saturated carbocycles. The van der Waals surface area contributed by atoms with Gasteiger partial charge in [-0.15, -0.1) is 0 Å². The van der Waals surface area contributed by atoms with E-state index in [9.17, 15) is 0 Å². The Morgan fingerprint density at radius 1 is 0.348 bits per heavy atom. The first-order valence-corrected chi connectivity index (χ1v) is 15.7. The second-order valence-electron chi connectivity index (χ2n) is 12.0. The maximum atomic E-state index is 5.14. The summed E-state index contributed by atoms with van der Waals surface area (Å²) in [5.74, 6) is 0. The van der Waals surface area contributed by atoms with Gasteiger partial charge in [-0.25, -0.2) is 4.98 Å². The lowest BCUT2D eigenvalue weighted by atomic mass is 9.98. The van der Waals surface area contributed by atoms with E-state index in [1.54, 1.807) is 0 Å². The van der Waals surface area contributed by atoms with E-state index in [4.69, 9.17) is 4.98 Å². The van der Waals surface area contributed by atoms with Crippen LogP contribution in [0.1, 0.15) is 0 Å². The Kier molecular flexibility index (Phi) is 5.28. The third-order valence-electron chi connectivity index (χ3n) is 9.44. The normalized spacial score (nSPS) is 11.9. The van der Waals surface area contributed by atoms with E-state index in [-0.39, 0.29) is 0 Å². The number of hydrogen-bond acceptors (Lipinski definition) is 1. The summed E-state index contributed by atoms with van der Waals surface area (Å²) in [5.41, 5.74) is 12.5. The lowest BCUT2D eigenvalue weighted by Crippen LogP contribution is -1.97. The molecule has 3 heterocycles. The van der Waals surface area contributed by atoms with Gasteiger partial charge in [0.1, 0.15) is 5.65 Å². The lowest BCUT2D eigenvalue weighted by molar-refractivity contribution is 1.18. The van der Waals surface area contributed by atoms with Gasteiger partial charge in [0, 0.05) is 27.2 Å². The van der Waals surface area contributed by atoms with Crippen molar-refractivity contribution < 1.29 is 0 Å². The van der Waals surface area contributed by atoms with E-state index in [0.717, 1.165) is 33.3 Å². The molecule has 0 aliphatic carbocycles. The molecule has 10 rings (SSSR count). The first-order valence-electron chi connectivity index (χ1n) is 15.7. The van der Waals surface area contributed by atoms with Crippen LogP contribution < -0.4 is 0 Å². The van der Waals surface area contributed by atoms with Crippen LogP contribution in [0.3, 0.4) is 0 Å². The molecule has 0 saturated heterocycles. The number of rotatable bonds is 3. The first-order chi connectivity index (χ1) is 22.8. The van der Waals surface area contributed by atoms with Gasteiger partial charge in [-0.3, -0.25) is 4.40 Å². The van der Waals surface area contributed by atoms with E-state index in [0.29, 0.717) is 0 Å². The van der Waals surface area contributed by atoms with Gasteiger partial charge in [0.05, 0.1) is 27.6 Å². The molecular weight excluding hydrogens is 558 g/mol. The van der Waals surface area contributed by atoms with Crippen molar-refractivity contribution in [1.82, 2.24) is 14.0 Å². The number of para-hydroxylation sites is 3. The van der Waals surface area contributed by atoms with Crippen LogP contribution in [0, 0.1) is 0 Å². The zero-order valence-corrected chi connectivity index (χ0v) is 24.9. The molecule has 0 bridgehead atoms. The molecule has 3 aromatic heterocycles. The molecule has 46 heavy (non-hydrogen) atoms. The highest BCUT2D eigenvalue weighted by Gasteiger charge is 2.19. The van der Waals surface area contributed by atoms with E-state index >= 15 is 0 Å². The van der Waals surface area contributed by atoms with Gasteiger partial charge in [-0.1, -0.05) is 115 Å². The third kappa shape index (κ3) is 3.63. The molecule has 3 heteroatoms. The highest BCUT2D eigenvalue weighted by molar-refractivity contribution is 6.20. The average molecular weight is 586 g/mol. The molecular formula is C43H27N3. The summed E-state index contributed by atoms with van der Waals surface area (Å²) < 4.78 is 4.80. The Balaban J connectivity index is 1.38. The predicted molar refractivity (Wildman–Crippen MR) is 193 cm³/mol. The third-order valence-corrected chi connectivity index (χ3v) is 9.44. The Hall–Kier alpha value is -6.19. The molecule has 214 valence electrons. The van der Waals surface area contributed by atoms with Gasteiger partial charge in [0.2, 0.25) is 0 Å². The maximum absolute atomic E-state index is 5.14. The number of nitrogens with zero attached hydrogens (tertiary/aromatic N) is 3. The standard InChI is InChI=1S/C43H27N3/c1-3-13-28(14-4-1)30-23-31(29-15-5-2-6-16-29)25-32(24-30)45-39-21-11-9-18-34(39)37-26-36-33-17-7-8-19-35(33)43-44-38-20-10-12-22-40(38)46(43)42(36)27-41(37)45/h1-27H. The van der Waals surface area contributed by atoms with Crippen LogP contribution in [0.25, 0.3) is 88.1 Å². The van der Waals surface area contributed by atoms with Gasteiger partial charge in [0.25, 0.3) is 0 Å². The lowest BCUT2D eigenvalue weighted by Gasteiger charge is -2.15. The molecule has 0 aliphatic rings. The molecule has 0 atom stereocenters. The van der Waals surface area contributed by atoms with Crippen molar-refractivity contribution in [3.05, 3.63) is 164 Å². The minimum atomic E-state index is 0.990. The van der Waals surface area contributed by atoms with Crippen LogP contribution in [0.15, 0.2) is 164 Å². The minimum absolute atomic E-state index is 0.990. The number of benzene rings is 7. The molecule has 3 nitrogen and oxygen atoms in total. The summed E-state index contributed by atoms with van der Waals surface area (Å²) >= 11 is 0. The molecule has 7 aromatic carbocycles. The van der Waals surface area contributed by atoms with Gasteiger partial charge < -0.3 is 4.57 Å². The number of fused-ring (bicyclic) bond motifs is 11. The van der Waals surface area contributed by atoms with Crippen LogP contribution in [-0.2, 0) is 0 Å². The quantitative estimate of drug-likeness (QED) is 0.189. The van der Waals surface area contributed by atoms with Crippen molar-refractivity contribution in [2.75, 3.05) is 0 Å². The van der Waals surface area contributed by atoms with Gasteiger partial charge in [-0.05, 0) is 76.2 Å². The Labute approximate surface area is 265 Å². The fourth-order valence-electron chi connectivity index (χ4n) is 7.38. The predicted octanol–water partition coefficient (Wildman–Crippen LogP) is 11.2. The van der Waals surface area contributed by atoms with Crippen molar-refractivity contribution in [3.63, 3.8) is 0 Å². The fourth-order valence-corrected chi connectivity index (χ4v) is 7.38. The first kappa shape index (κ1) is 25.2. The van der Waals surface area contributed by atoms with Crippen LogP contribution in [0.5, 0.6) is 0 Å². The summed E-state index contributed by atoms with van der Waals surface area (Å²) in [7, 11) is 0. The topological polar surface area (TPSA) is 22.2 Å². The molecule has 0 aliphatic heterocycles. The highest BCUT2D eigenvalue weighted by atomic mass is 15.0. The van der Waals surface area contributed by atoms with Crippen LogP contribution >= 0.6 is 0 Å². The fraction of sp³-hybridized carbons (Fsp3) is 0. The maximum Gasteiger partial charge on any atom is 0.146 e. The van der Waals surface area contributed by atoms with Gasteiger partial charge in [0.15, 0.2) is 0 Å². The number of aromatic nitrogens is 3. The Morgan fingerprint density at radius 2 is 0.913 bits per heavy atom. The molecule has 10 aromatic rings. The van der Waals surface area contributed by atoms with Crippen molar-refractivity contribution in [2.24, 2.45) is 0 Å². The zero-order valence-electron chi connectivity index (χ0n) is 24.9. The minimum Gasteiger partial charge on any atom is -0.309 e. The monoisotopic (exact) mass is 585 g/mol. The van der Waals surface area contributed by atoms with Crippen LogP contribution in [-0.4, -0.2) is 14.0 Å². The highest BCUT2D eigenvalue weighted by Crippen LogP contribution is 2.40. The summed E-state index contributed by atoms with van der Waals surface area (Å²) in [5, 5.41) is 6.09. The largest absolute Gasteiger partial charge is 0.309 e. The number of hydrogen-bond donors (Lipinski definition) is 0. The van der Waals surface area contributed by atoms with Crippen LogP contribution in [0.4, 0.5) is 0 Å². The molecule has 0 spiro atoms. The summed E-state index contributed by atoms with van der Waals surface area (Å²) in [6, 6.07) is 59.1. The van der Waals surface area contributed by atoms with E-state index in [2.05, 4.69) is 173 Å². The zero-order chi connectivity index (χ0) is 30.2. The molecule has 0 N–H and O–H groups in total.